The lowest BCUT2D eigenvalue weighted by Crippen LogP contribution is -2.07. The highest BCUT2D eigenvalue weighted by Crippen LogP contribution is 2.23. The van der Waals surface area contributed by atoms with Gasteiger partial charge in [0.1, 0.15) is 11.9 Å². The molecule has 1 heterocycles. The molecule has 2 aromatic carbocycles. The van der Waals surface area contributed by atoms with Gasteiger partial charge in [-0.1, -0.05) is 23.6 Å². The van der Waals surface area contributed by atoms with E-state index in [-0.39, 0.29) is 6.42 Å². The van der Waals surface area contributed by atoms with Crippen LogP contribution in [-0.2, 0) is 6.42 Å². The van der Waals surface area contributed by atoms with E-state index in [1.165, 1.54) is 6.07 Å². The van der Waals surface area contributed by atoms with Crippen molar-refractivity contribution in [2.45, 2.75) is 19.4 Å². The number of hydrogen-bond acceptors (Lipinski definition) is 3. The summed E-state index contributed by atoms with van der Waals surface area (Å²) in [6.07, 6.45) is 6.12. The lowest BCUT2D eigenvalue weighted by atomic mass is 10.0. The summed E-state index contributed by atoms with van der Waals surface area (Å²) in [6.45, 7) is 2.00. The van der Waals surface area contributed by atoms with Crippen LogP contribution in [-0.4, -0.2) is 21.2 Å². The first-order valence-electron chi connectivity index (χ1n) is 7.23. The number of aliphatic hydroxyl groups is 1. The maximum Gasteiger partial charge on any atom is 0.162 e. The number of fused-ring (bicyclic) bond motifs is 1. The molecule has 0 aliphatic carbocycles. The van der Waals surface area contributed by atoms with Gasteiger partial charge >= 0.3 is 0 Å². The van der Waals surface area contributed by atoms with Crippen molar-refractivity contribution in [3.8, 4) is 23.7 Å². The van der Waals surface area contributed by atoms with Gasteiger partial charge < -0.3 is 5.11 Å². The third kappa shape index (κ3) is 3.20. The zero-order chi connectivity index (χ0) is 16.4. The van der Waals surface area contributed by atoms with E-state index in [9.17, 15) is 9.50 Å². The van der Waals surface area contributed by atoms with E-state index in [0.717, 1.165) is 16.5 Å². The highest BCUT2D eigenvalue weighted by atomic mass is 19.1. The molecule has 3 aromatic rings. The van der Waals surface area contributed by atoms with Crippen LogP contribution in [0, 0.1) is 25.1 Å². The van der Waals surface area contributed by atoms with Crippen molar-refractivity contribution in [1.29, 1.82) is 0 Å². The van der Waals surface area contributed by atoms with E-state index < -0.39 is 11.9 Å². The van der Waals surface area contributed by atoms with Crippen molar-refractivity contribution < 1.29 is 9.50 Å². The first-order chi connectivity index (χ1) is 11.1. The van der Waals surface area contributed by atoms with Gasteiger partial charge in [-0.3, -0.25) is 0 Å². The summed E-state index contributed by atoms with van der Waals surface area (Å²) in [5, 5.41) is 10.4. The number of aliphatic hydroxyl groups excluding tert-OH is 1. The Balaban J connectivity index is 1.98. The van der Waals surface area contributed by atoms with Crippen LogP contribution in [0.2, 0.25) is 0 Å². The number of rotatable bonds is 3. The van der Waals surface area contributed by atoms with E-state index >= 15 is 0 Å². The molecule has 3 rings (SSSR count). The second-order valence-corrected chi connectivity index (χ2v) is 5.46. The molecule has 4 heteroatoms. The van der Waals surface area contributed by atoms with Crippen molar-refractivity contribution in [3.05, 3.63) is 59.5 Å². The normalized spacial score (nSPS) is 12.1. The Labute approximate surface area is 133 Å². The molecular weight excluding hydrogens is 291 g/mol. The minimum absolute atomic E-state index is 0.214. The van der Waals surface area contributed by atoms with Gasteiger partial charge in [0.05, 0.1) is 11.1 Å². The van der Waals surface area contributed by atoms with Crippen LogP contribution in [0.5, 0.6) is 0 Å². The Hall–Kier alpha value is -2.77. The zero-order valence-electron chi connectivity index (χ0n) is 12.6. The molecule has 0 radical (unpaired) electrons. The smallest absolute Gasteiger partial charge is 0.162 e. The fraction of sp³-hybridized carbons (Fsp3) is 0.158. The standard InChI is InChI=1S/C19H15FN2O/c1-3-15(23)9-13-5-6-16(17(20)10-13)19-21-11-14-8-12(2)4-7-18(14)22-19/h1,4-8,10-11,15,23H,9H2,2H3. The quantitative estimate of drug-likeness (QED) is 0.755. The molecule has 0 fully saturated rings. The van der Waals surface area contributed by atoms with Crippen molar-refractivity contribution in [2.75, 3.05) is 0 Å². The second-order valence-electron chi connectivity index (χ2n) is 5.46. The molecule has 0 amide bonds. The lowest BCUT2D eigenvalue weighted by molar-refractivity contribution is 0.233. The van der Waals surface area contributed by atoms with Crippen LogP contribution < -0.4 is 0 Å². The molecule has 0 aliphatic heterocycles. The number of aryl methyl sites for hydroxylation is 1. The molecule has 1 unspecified atom stereocenters. The minimum atomic E-state index is -0.916. The van der Waals surface area contributed by atoms with Crippen molar-refractivity contribution in [1.82, 2.24) is 9.97 Å². The summed E-state index contributed by atoms with van der Waals surface area (Å²) < 4.78 is 14.3. The lowest BCUT2D eigenvalue weighted by Gasteiger charge is -2.08. The molecule has 0 spiro atoms. The van der Waals surface area contributed by atoms with E-state index in [4.69, 9.17) is 6.42 Å². The van der Waals surface area contributed by atoms with Gasteiger partial charge in [-0.05, 0) is 36.8 Å². The molecule has 1 N–H and O–H groups in total. The van der Waals surface area contributed by atoms with E-state index in [0.29, 0.717) is 17.0 Å². The van der Waals surface area contributed by atoms with Crippen LogP contribution >= 0.6 is 0 Å². The number of terminal acetylenes is 1. The molecule has 1 aromatic heterocycles. The molecule has 0 aliphatic rings. The van der Waals surface area contributed by atoms with Crippen LogP contribution in [0.25, 0.3) is 22.3 Å². The van der Waals surface area contributed by atoms with Gasteiger partial charge in [-0.2, -0.15) is 0 Å². The number of halogens is 1. The molecule has 1 atom stereocenters. The van der Waals surface area contributed by atoms with Gasteiger partial charge in [0.15, 0.2) is 5.82 Å². The summed E-state index contributed by atoms with van der Waals surface area (Å²) in [4.78, 5) is 8.67. The molecular formula is C19H15FN2O. The van der Waals surface area contributed by atoms with Gasteiger partial charge in [-0.25, -0.2) is 14.4 Å². The van der Waals surface area contributed by atoms with Crippen molar-refractivity contribution in [2.24, 2.45) is 0 Å². The summed E-state index contributed by atoms with van der Waals surface area (Å²) >= 11 is 0. The summed E-state index contributed by atoms with van der Waals surface area (Å²) in [5.41, 5.74) is 2.85. The Morgan fingerprint density at radius 2 is 2.09 bits per heavy atom. The van der Waals surface area contributed by atoms with Crippen LogP contribution in [0.3, 0.4) is 0 Å². The maximum absolute atomic E-state index is 14.3. The average Bonchev–Trinajstić information content (AvgIpc) is 2.54. The average molecular weight is 306 g/mol. The highest BCUT2D eigenvalue weighted by Gasteiger charge is 2.11. The molecule has 0 bridgehead atoms. The number of benzene rings is 2. The maximum atomic E-state index is 14.3. The number of nitrogens with zero attached hydrogens (tertiary/aromatic N) is 2. The third-order valence-electron chi connectivity index (χ3n) is 3.63. The fourth-order valence-electron chi connectivity index (χ4n) is 2.43. The Morgan fingerprint density at radius 3 is 2.83 bits per heavy atom. The molecule has 114 valence electrons. The van der Waals surface area contributed by atoms with Crippen LogP contribution in [0.15, 0.2) is 42.6 Å². The largest absolute Gasteiger partial charge is 0.380 e. The van der Waals surface area contributed by atoms with Crippen LogP contribution in [0.4, 0.5) is 4.39 Å². The van der Waals surface area contributed by atoms with Crippen LogP contribution in [0.1, 0.15) is 11.1 Å². The van der Waals surface area contributed by atoms with Crippen molar-refractivity contribution >= 4 is 10.9 Å². The first kappa shape index (κ1) is 15.1. The van der Waals surface area contributed by atoms with Gasteiger partial charge in [0.2, 0.25) is 0 Å². The van der Waals surface area contributed by atoms with Gasteiger partial charge in [0, 0.05) is 18.0 Å². The number of hydrogen-bond donors (Lipinski definition) is 1. The zero-order valence-corrected chi connectivity index (χ0v) is 12.6. The summed E-state index contributed by atoms with van der Waals surface area (Å²) in [7, 11) is 0. The monoisotopic (exact) mass is 306 g/mol. The predicted molar refractivity (Wildman–Crippen MR) is 88.2 cm³/mol. The molecule has 0 saturated heterocycles. The van der Waals surface area contributed by atoms with E-state index in [1.54, 1.807) is 18.3 Å². The molecule has 23 heavy (non-hydrogen) atoms. The number of aromatic nitrogens is 2. The summed E-state index contributed by atoms with van der Waals surface area (Å²) in [5.74, 6) is 2.12. The predicted octanol–water partition coefficient (Wildman–Crippen LogP) is 3.28. The first-order valence-corrected chi connectivity index (χ1v) is 7.23. The van der Waals surface area contributed by atoms with Crippen molar-refractivity contribution in [3.63, 3.8) is 0 Å². The van der Waals surface area contributed by atoms with Gasteiger partial charge in [-0.15, -0.1) is 6.42 Å². The topological polar surface area (TPSA) is 46.0 Å². The summed E-state index contributed by atoms with van der Waals surface area (Å²) in [6, 6.07) is 10.5. The second kappa shape index (κ2) is 6.15. The fourth-order valence-corrected chi connectivity index (χ4v) is 2.43. The Kier molecular flexibility index (Phi) is 4.05. The SMILES string of the molecule is C#CC(O)Cc1ccc(-c2ncc3cc(C)ccc3n2)c(F)c1. The van der Waals surface area contributed by atoms with E-state index in [1.807, 2.05) is 25.1 Å². The molecule has 0 saturated carbocycles. The Morgan fingerprint density at radius 1 is 1.26 bits per heavy atom. The van der Waals surface area contributed by atoms with Gasteiger partial charge in [0.25, 0.3) is 0 Å². The highest BCUT2D eigenvalue weighted by molar-refractivity contribution is 5.80. The minimum Gasteiger partial charge on any atom is -0.380 e. The Bertz CT molecular complexity index is 915. The third-order valence-corrected chi connectivity index (χ3v) is 3.63. The molecule has 3 nitrogen and oxygen atoms in total. The van der Waals surface area contributed by atoms with E-state index in [2.05, 4.69) is 15.9 Å².